The molecule has 5 aliphatic carbocycles. The molecule has 9 nitrogen and oxygen atoms in total. The number of Topliss-reactive ketones (excluding diaryl/α,β-unsaturated/α-hetero) is 1. The van der Waals surface area contributed by atoms with Gasteiger partial charge in [0.2, 0.25) is 5.91 Å². The molecule has 4 fully saturated rings. The van der Waals surface area contributed by atoms with Crippen LogP contribution in [-0.4, -0.2) is 64.9 Å². The van der Waals surface area contributed by atoms with E-state index in [4.69, 9.17) is 4.74 Å². The SMILES string of the molecule is CNCC(=O)N(CCC12CCC3C(CCC4C3(C)CCC3C(C)(C)C(OC(=O)CC(C)(C)C(=O)O)CCC34C)C1=C(C(C)C)C(=O)C2)Cc1ccncc1. The number of nitrogens with zero attached hydrogens (tertiary/aromatic N) is 2. The minimum absolute atomic E-state index is 0.0767. The van der Waals surface area contributed by atoms with Crippen LogP contribution in [0.4, 0.5) is 0 Å². The fraction of sp³-hybridized carbons (Fsp3) is 0.756. The van der Waals surface area contributed by atoms with Crippen LogP contribution < -0.4 is 5.32 Å². The predicted molar refractivity (Wildman–Crippen MR) is 209 cm³/mol. The third kappa shape index (κ3) is 6.98. The first kappa shape index (κ1) is 40.6. The number of pyridine rings is 1. The number of aliphatic carboxylic acids is 1. The molecule has 0 aromatic carbocycles. The fourth-order valence-electron chi connectivity index (χ4n) is 13.2. The minimum atomic E-state index is -1.16. The minimum Gasteiger partial charge on any atom is -0.481 e. The van der Waals surface area contributed by atoms with Crippen LogP contribution in [0.2, 0.25) is 0 Å². The van der Waals surface area contributed by atoms with Crippen molar-refractivity contribution in [2.45, 2.75) is 139 Å². The summed E-state index contributed by atoms with van der Waals surface area (Å²) in [4.78, 5) is 58.5. The summed E-state index contributed by atoms with van der Waals surface area (Å²) < 4.78 is 6.17. The van der Waals surface area contributed by atoms with Crippen molar-refractivity contribution in [2.75, 3.05) is 20.1 Å². The van der Waals surface area contributed by atoms with Crippen LogP contribution in [-0.2, 0) is 30.5 Å². The van der Waals surface area contributed by atoms with Crippen molar-refractivity contribution in [3.8, 4) is 0 Å². The number of esters is 1. The maximum Gasteiger partial charge on any atom is 0.309 e. The standard InChI is InChI=1S/C45H67N3O6/c1-28(2)38-32(49)24-45(20-23-48(36(50)26-46-9)27-29-15-21-47-22-16-29)19-12-31-30(39(38)45)10-11-34-43(31,7)17-13-33-42(5,6)35(14-18-44(33,34)8)54-37(51)25-41(3,4)40(52)53/h15-16,21-22,28,30-31,33-35,46H,10-14,17-20,23-27H2,1-9H3,(H,52,53). The summed E-state index contributed by atoms with van der Waals surface area (Å²) >= 11 is 0. The highest BCUT2D eigenvalue weighted by molar-refractivity contribution is 6.00. The summed E-state index contributed by atoms with van der Waals surface area (Å²) in [5.41, 5.74) is 2.25. The van der Waals surface area contributed by atoms with Gasteiger partial charge in [-0.05, 0) is 142 Å². The van der Waals surface area contributed by atoms with Crippen molar-refractivity contribution in [1.29, 1.82) is 0 Å². The lowest BCUT2D eigenvalue weighted by Gasteiger charge is -2.69. The first-order valence-electron chi connectivity index (χ1n) is 20.8. The molecule has 2 N–H and O–H groups in total. The second-order valence-electron chi connectivity index (χ2n) is 20.0. The first-order valence-corrected chi connectivity index (χ1v) is 20.8. The number of nitrogens with one attached hydrogen (secondary N) is 1. The quantitative estimate of drug-likeness (QED) is 0.206. The van der Waals surface area contributed by atoms with Crippen LogP contribution in [0.25, 0.3) is 0 Å². The summed E-state index contributed by atoms with van der Waals surface area (Å²) in [5, 5.41) is 12.7. The summed E-state index contributed by atoms with van der Waals surface area (Å²) in [6.07, 6.45) is 12.9. The topological polar surface area (TPSA) is 126 Å². The number of aromatic nitrogens is 1. The number of carbonyl (C=O) groups excluding carboxylic acids is 3. The number of fused-ring (bicyclic) bond motifs is 7. The Morgan fingerprint density at radius 2 is 1.67 bits per heavy atom. The number of ether oxygens (including phenoxy) is 1. The Labute approximate surface area is 323 Å². The van der Waals surface area contributed by atoms with Gasteiger partial charge in [0.15, 0.2) is 5.78 Å². The molecule has 298 valence electrons. The number of rotatable bonds is 12. The lowest BCUT2D eigenvalue weighted by molar-refractivity contribution is -0.214. The lowest BCUT2D eigenvalue weighted by atomic mass is 9.36. The Morgan fingerprint density at radius 1 is 0.981 bits per heavy atom. The fourth-order valence-corrected chi connectivity index (χ4v) is 13.2. The van der Waals surface area contributed by atoms with E-state index in [1.165, 1.54) is 5.57 Å². The molecule has 9 heteroatoms. The van der Waals surface area contributed by atoms with Crippen LogP contribution in [0.15, 0.2) is 35.7 Å². The highest BCUT2D eigenvalue weighted by Gasteiger charge is 2.66. The van der Waals surface area contributed by atoms with Crippen LogP contribution in [0.3, 0.4) is 0 Å². The Balaban J connectivity index is 1.24. The van der Waals surface area contributed by atoms with Gasteiger partial charge >= 0.3 is 11.9 Å². The third-order valence-electron chi connectivity index (χ3n) is 15.8. The predicted octanol–water partition coefficient (Wildman–Crippen LogP) is 8.02. The highest BCUT2D eigenvalue weighted by Crippen LogP contribution is 2.73. The van der Waals surface area contributed by atoms with E-state index < -0.39 is 17.4 Å². The molecule has 1 aromatic rings. The molecule has 6 rings (SSSR count). The smallest absolute Gasteiger partial charge is 0.309 e. The van der Waals surface area contributed by atoms with Crippen molar-refractivity contribution in [1.82, 2.24) is 15.2 Å². The van der Waals surface area contributed by atoms with Crippen LogP contribution in [0.1, 0.15) is 132 Å². The number of amides is 1. The van der Waals surface area contributed by atoms with Gasteiger partial charge in [-0.3, -0.25) is 24.2 Å². The molecule has 1 amide bonds. The number of carboxylic acid groups (broad SMARTS) is 1. The maximum absolute atomic E-state index is 14.1. The zero-order valence-corrected chi connectivity index (χ0v) is 34.6. The largest absolute Gasteiger partial charge is 0.481 e. The molecule has 8 unspecified atom stereocenters. The van der Waals surface area contributed by atoms with Crippen molar-refractivity contribution < 1.29 is 29.0 Å². The third-order valence-corrected chi connectivity index (χ3v) is 15.8. The molecule has 0 saturated heterocycles. The second-order valence-corrected chi connectivity index (χ2v) is 20.0. The molecular formula is C45H67N3O6. The number of carboxylic acids is 1. The monoisotopic (exact) mass is 746 g/mol. The average Bonchev–Trinajstić information content (AvgIpc) is 3.40. The van der Waals surface area contributed by atoms with Gasteiger partial charge in [0, 0.05) is 42.7 Å². The molecule has 1 heterocycles. The zero-order valence-electron chi connectivity index (χ0n) is 34.6. The average molecular weight is 746 g/mol. The number of carbonyl (C=O) groups is 4. The van der Waals surface area contributed by atoms with Crippen LogP contribution in [0.5, 0.6) is 0 Å². The maximum atomic E-state index is 14.1. The zero-order chi connectivity index (χ0) is 39.4. The Morgan fingerprint density at radius 3 is 2.31 bits per heavy atom. The van der Waals surface area contributed by atoms with E-state index in [9.17, 15) is 24.3 Å². The number of likely N-dealkylation sites (N-methyl/N-ethyl adjacent to an activating group) is 1. The molecule has 0 spiro atoms. The van der Waals surface area contributed by atoms with E-state index in [2.05, 4.69) is 51.8 Å². The molecule has 1 aromatic heterocycles. The van der Waals surface area contributed by atoms with Crippen molar-refractivity contribution in [2.24, 2.45) is 56.7 Å². The summed E-state index contributed by atoms with van der Waals surface area (Å²) in [7, 11) is 1.81. The number of hydrogen-bond donors (Lipinski definition) is 2. The van der Waals surface area contributed by atoms with Crippen molar-refractivity contribution in [3.05, 3.63) is 41.2 Å². The van der Waals surface area contributed by atoms with Gasteiger partial charge in [0.05, 0.1) is 18.4 Å². The van der Waals surface area contributed by atoms with Gasteiger partial charge in [-0.25, -0.2) is 0 Å². The molecular weight excluding hydrogens is 679 g/mol. The normalized spacial score (nSPS) is 34.4. The molecule has 0 aliphatic heterocycles. The number of allylic oxidation sites excluding steroid dienone is 2. The molecule has 54 heavy (non-hydrogen) atoms. The van der Waals surface area contributed by atoms with Gasteiger partial charge in [-0.2, -0.15) is 0 Å². The van der Waals surface area contributed by atoms with E-state index in [1.807, 2.05) is 24.1 Å². The number of ketones is 1. The molecule has 0 radical (unpaired) electrons. The van der Waals surface area contributed by atoms with Crippen LogP contribution >= 0.6 is 0 Å². The Hall–Kier alpha value is -3.07. The van der Waals surface area contributed by atoms with Gasteiger partial charge in [0.25, 0.3) is 0 Å². The van der Waals surface area contributed by atoms with E-state index in [1.54, 1.807) is 26.2 Å². The summed E-state index contributed by atoms with van der Waals surface area (Å²) in [6, 6.07) is 3.95. The van der Waals surface area contributed by atoms with Gasteiger partial charge < -0.3 is 20.1 Å². The molecule has 4 saturated carbocycles. The van der Waals surface area contributed by atoms with E-state index in [0.717, 1.165) is 68.9 Å². The van der Waals surface area contributed by atoms with E-state index >= 15 is 0 Å². The van der Waals surface area contributed by atoms with Gasteiger partial charge in [0.1, 0.15) is 6.10 Å². The number of hydrogen-bond acceptors (Lipinski definition) is 7. The highest BCUT2D eigenvalue weighted by atomic mass is 16.5. The molecule has 5 aliphatic rings. The first-order chi connectivity index (χ1) is 25.3. The van der Waals surface area contributed by atoms with Gasteiger partial charge in [-0.1, -0.05) is 47.1 Å². The van der Waals surface area contributed by atoms with Gasteiger partial charge in [-0.15, -0.1) is 0 Å². The van der Waals surface area contributed by atoms with Crippen molar-refractivity contribution >= 4 is 23.6 Å². The Bertz CT molecular complexity index is 1650. The molecule has 8 atom stereocenters. The van der Waals surface area contributed by atoms with Crippen LogP contribution in [0, 0.1) is 56.7 Å². The second kappa shape index (κ2) is 14.8. The Kier molecular flexibility index (Phi) is 11.1. The molecule has 0 bridgehead atoms. The van der Waals surface area contributed by atoms with E-state index in [0.29, 0.717) is 49.0 Å². The lowest BCUT2D eigenvalue weighted by Crippen LogP contribution is -2.63. The van der Waals surface area contributed by atoms with E-state index in [-0.39, 0.29) is 52.6 Å². The summed E-state index contributed by atoms with van der Waals surface area (Å²) in [6.45, 7) is 18.7. The van der Waals surface area contributed by atoms with Crippen molar-refractivity contribution in [3.63, 3.8) is 0 Å². The summed E-state index contributed by atoms with van der Waals surface area (Å²) in [5.74, 6) is 0.990.